The molecular formula is C9H15N3. The van der Waals surface area contributed by atoms with Crippen molar-refractivity contribution >= 4 is 0 Å². The van der Waals surface area contributed by atoms with E-state index in [2.05, 4.69) is 9.97 Å². The first kappa shape index (κ1) is 9.13. The molecule has 2 N–H and O–H groups in total. The van der Waals surface area contributed by atoms with Crippen LogP contribution in [0.3, 0.4) is 0 Å². The second-order valence-electron chi connectivity index (χ2n) is 3.29. The zero-order valence-corrected chi connectivity index (χ0v) is 7.83. The third-order valence-electron chi connectivity index (χ3n) is 2.04. The fourth-order valence-electron chi connectivity index (χ4n) is 0.882. The third-order valence-corrected chi connectivity index (χ3v) is 2.04. The summed E-state index contributed by atoms with van der Waals surface area (Å²) in [5.74, 6) is 0.727. The Kier molecular flexibility index (Phi) is 2.43. The number of hydrogen-bond donors (Lipinski definition) is 1. The van der Waals surface area contributed by atoms with Crippen molar-refractivity contribution in [3.05, 3.63) is 23.8 Å². The molecule has 0 spiro atoms. The van der Waals surface area contributed by atoms with E-state index in [1.807, 2.05) is 26.8 Å². The van der Waals surface area contributed by atoms with Gasteiger partial charge in [0, 0.05) is 11.9 Å². The van der Waals surface area contributed by atoms with Gasteiger partial charge in [-0.2, -0.15) is 0 Å². The van der Waals surface area contributed by atoms with E-state index in [1.54, 1.807) is 6.20 Å². The van der Waals surface area contributed by atoms with E-state index in [1.165, 1.54) is 0 Å². The SMILES string of the molecule is CCC(C)(N)c1nccc(C)n1. The van der Waals surface area contributed by atoms with Gasteiger partial charge in [-0.1, -0.05) is 6.92 Å². The number of nitrogens with two attached hydrogens (primary N) is 1. The lowest BCUT2D eigenvalue weighted by molar-refractivity contribution is 0.444. The molecule has 1 heterocycles. The van der Waals surface area contributed by atoms with Crippen LogP contribution in [0.15, 0.2) is 12.3 Å². The van der Waals surface area contributed by atoms with Crippen LogP contribution >= 0.6 is 0 Å². The molecule has 0 aliphatic carbocycles. The van der Waals surface area contributed by atoms with Crippen molar-refractivity contribution in [3.8, 4) is 0 Å². The molecule has 0 saturated carbocycles. The Balaban J connectivity index is 3.03. The Morgan fingerprint density at radius 3 is 2.75 bits per heavy atom. The second-order valence-corrected chi connectivity index (χ2v) is 3.29. The van der Waals surface area contributed by atoms with Crippen LogP contribution in [0.5, 0.6) is 0 Å². The topological polar surface area (TPSA) is 51.8 Å². The molecule has 0 saturated heterocycles. The highest BCUT2D eigenvalue weighted by Crippen LogP contribution is 2.16. The highest BCUT2D eigenvalue weighted by atomic mass is 15.0. The molecule has 0 aliphatic rings. The minimum atomic E-state index is -0.397. The smallest absolute Gasteiger partial charge is 0.148 e. The predicted octanol–water partition coefficient (Wildman–Crippen LogP) is 1.37. The summed E-state index contributed by atoms with van der Waals surface area (Å²) in [6.45, 7) is 5.92. The summed E-state index contributed by atoms with van der Waals surface area (Å²) in [5.41, 5.74) is 6.55. The average Bonchev–Trinajstić information content (AvgIpc) is 2.05. The molecule has 0 radical (unpaired) electrons. The van der Waals surface area contributed by atoms with Crippen LogP contribution in [0.1, 0.15) is 31.8 Å². The highest BCUT2D eigenvalue weighted by molar-refractivity contribution is 5.07. The normalized spacial score (nSPS) is 15.7. The molecule has 3 heteroatoms. The monoisotopic (exact) mass is 165 g/mol. The summed E-state index contributed by atoms with van der Waals surface area (Å²) in [4.78, 5) is 8.43. The first-order chi connectivity index (χ1) is 5.56. The standard InChI is InChI=1S/C9H15N3/c1-4-9(3,10)8-11-6-5-7(2)12-8/h5-6H,4,10H2,1-3H3. The molecule has 1 rings (SSSR count). The Morgan fingerprint density at radius 1 is 1.58 bits per heavy atom. The summed E-state index contributed by atoms with van der Waals surface area (Å²) in [6, 6.07) is 1.87. The lowest BCUT2D eigenvalue weighted by atomic mass is 9.99. The quantitative estimate of drug-likeness (QED) is 0.720. The maximum absolute atomic E-state index is 5.98. The summed E-state index contributed by atoms with van der Waals surface area (Å²) in [5, 5.41) is 0. The maximum Gasteiger partial charge on any atom is 0.148 e. The van der Waals surface area contributed by atoms with E-state index in [9.17, 15) is 0 Å². The number of nitrogens with zero attached hydrogens (tertiary/aromatic N) is 2. The van der Waals surface area contributed by atoms with Crippen molar-refractivity contribution in [3.63, 3.8) is 0 Å². The fourth-order valence-corrected chi connectivity index (χ4v) is 0.882. The van der Waals surface area contributed by atoms with Gasteiger partial charge in [-0.25, -0.2) is 9.97 Å². The second kappa shape index (κ2) is 3.19. The van der Waals surface area contributed by atoms with Crippen molar-refractivity contribution in [1.82, 2.24) is 9.97 Å². The van der Waals surface area contributed by atoms with Gasteiger partial charge in [0.05, 0.1) is 5.54 Å². The summed E-state index contributed by atoms with van der Waals surface area (Å²) in [6.07, 6.45) is 2.59. The van der Waals surface area contributed by atoms with Gasteiger partial charge in [-0.05, 0) is 26.3 Å². The zero-order chi connectivity index (χ0) is 9.19. The van der Waals surface area contributed by atoms with Gasteiger partial charge < -0.3 is 5.73 Å². The van der Waals surface area contributed by atoms with E-state index in [0.29, 0.717) is 0 Å². The van der Waals surface area contributed by atoms with Crippen molar-refractivity contribution in [2.45, 2.75) is 32.7 Å². The van der Waals surface area contributed by atoms with E-state index < -0.39 is 5.54 Å². The van der Waals surface area contributed by atoms with E-state index in [4.69, 9.17) is 5.73 Å². The third kappa shape index (κ3) is 1.80. The molecule has 1 aromatic heterocycles. The summed E-state index contributed by atoms with van der Waals surface area (Å²) >= 11 is 0. The van der Waals surface area contributed by atoms with E-state index in [-0.39, 0.29) is 0 Å². The first-order valence-electron chi connectivity index (χ1n) is 4.15. The lowest BCUT2D eigenvalue weighted by Gasteiger charge is -2.20. The van der Waals surface area contributed by atoms with Gasteiger partial charge in [0.1, 0.15) is 5.82 Å². The molecule has 0 aromatic carbocycles. The molecule has 0 aliphatic heterocycles. The molecule has 1 atom stereocenters. The Morgan fingerprint density at radius 2 is 2.25 bits per heavy atom. The van der Waals surface area contributed by atoms with Crippen molar-refractivity contribution in [2.75, 3.05) is 0 Å². The van der Waals surface area contributed by atoms with Gasteiger partial charge in [-0.15, -0.1) is 0 Å². The fraction of sp³-hybridized carbons (Fsp3) is 0.556. The van der Waals surface area contributed by atoms with Gasteiger partial charge in [0.25, 0.3) is 0 Å². The van der Waals surface area contributed by atoms with Gasteiger partial charge in [0.2, 0.25) is 0 Å². The van der Waals surface area contributed by atoms with Crippen LogP contribution in [0.2, 0.25) is 0 Å². The Bertz CT molecular complexity index is 268. The maximum atomic E-state index is 5.98. The number of aryl methyl sites for hydroxylation is 1. The van der Waals surface area contributed by atoms with Crippen LogP contribution in [-0.2, 0) is 5.54 Å². The van der Waals surface area contributed by atoms with Crippen LogP contribution < -0.4 is 5.73 Å². The predicted molar refractivity (Wildman–Crippen MR) is 48.6 cm³/mol. The molecule has 1 aromatic rings. The van der Waals surface area contributed by atoms with Crippen molar-refractivity contribution < 1.29 is 0 Å². The minimum Gasteiger partial charge on any atom is -0.319 e. The summed E-state index contributed by atoms with van der Waals surface area (Å²) < 4.78 is 0. The first-order valence-corrected chi connectivity index (χ1v) is 4.15. The van der Waals surface area contributed by atoms with Crippen molar-refractivity contribution in [1.29, 1.82) is 0 Å². The minimum absolute atomic E-state index is 0.397. The van der Waals surface area contributed by atoms with Gasteiger partial charge in [0.15, 0.2) is 0 Å². The molecule has 0 amide bonds. The molecule has 12 heavy (non-hydrogen) atoms. The van der Waals surface area contributed by atoms with E-state index in [0.717, 1.165) is 17.9 Å². The number of hydrogen-bond acceptors (Lipinski definition) is 3. The van der Waals surface area contributed by atoms with E-state index >= 15 is 0 Å². The molecule has 0 fully saturated rings. The average molecular weight is 165 g/mol. The highest BCUT2D eigenvalue weighted by Gasteiger charge is 2.21. The van der Waals surface area contributed by atoms with Crippen LogP contribution in [0.4, 0.5) is 0 Å². The van der Waals surface area contributed by atoms with Crippen LogP contribution in [0, 0.1) is 6.92 Å². The van der Waals surface area contributed by atoms with Gasteiger partial charge in [-0.3, -0.25) is 0 Å². The Hall–Kier alpha value is -0.960. The van der Waals surface area contributed by atoms with Gasteiger partial charge >= 0.3 is 0 Å². The zero-order valence-electron chi connectivity index (χ0n) is 7.83. The molecule has 3 nitrogen and oxygen atoms in total. The lowest BCUT2D eigenvalue weighted by Crippen LogP contribution is -2.34. The number of aromatic nitrogens is 2. The van der Waals surface area contributed by atoms with Crippen molar-refractivity contribution in [2.24, 2.45) is 5.73 Å². The largest absolute Gasteiger partial charge is 0.319 e. The summed E-state index contributed by atoms with van der Waals surface area (Å²) in [7, 11) is 0. The molecule has 0 bridgehead atoms. The van der Waals surface area contributed by atoms with Crippen LogP contribution in [0.25, 0.3) is 0 Å². The van der Waals surface area contributed by atoms with Crippen LogP contribution in [-0.4, -0.2) is 9.97 Å². The molecule has 1 unspecified atom stereocenters. The molecule has 66 valence electrons. The Labute approximate surface area is 73.0 Å². The number of rotatable bonds is 2. The molecular weight excluding hydrogens is 150 g/mol.